The minimum absolute atomic E-state index is 0.0391. The van der Waals surface area contributed by atoms with Crippen molar-refractivity contribution in [2.75, 3.05) is 13.2 Å². The van der Waals surface area contributed by atoms with Crippen LogP contribution in [-0.2, 0) is 19.1 Å². The molecule has 8 nitrogen and oxygen atoms in total. The predicted molar refractivity (Wildman–Crippen MR) is 110 cm³/mol. The van der Waals surface area contributed by atoms with E-state index < -0.39 is 41.9 Å². The molecule has 0 aromatic carbocycles. The Kier molecular flexibility index (Phi) is 9.10. The fourth-order valence-electron chi connectivity index (χ4n) is 3.79. The van der Waals surface area contributed by atoms with Gasteiger partial charge in [-0.2, -0.15) is 0 Å². The number of carboxylic acids is 2. The van der Waals surface area contributed by atoms with Gasteiger partial charge in [0.25, 0.3) is 0 Å². The van der Waals surface area contributed by atoms with Crippen LogP contribution in [0.15, 0.2) is 22.9 Å². The summed E-state index contributed by atoms with van der Waals surface area (Å²) in [6.45, 7) is -0.174. The SMILES string of the molecule is O=C(O)CCCC(C(=O)O)(C(=O)COCC1CCCCC1)C(=O)c1cncc(Br)c1. The van der Waals surface area contributed by atoms with Gasteiger partial charge >= 0.3 is 11.9 Å². The van der Waals surface area contributed by atoms with E-state index in [0.29, 0.717) is 17.0 Å². The van der Waals surface area contributed by atoms with Crippen LogP contribution in [0.1, 0.15) is 61.7 Å². The first kappa shape index (κ1) is 24.1. The number of ether oxygens (including phenoxy) is 1. The van der Waals surface area contributed by atoms with Crippen molar-refractivity contribution in [2.45, 2.75) is 51.4 Å². The number of ketones is 2. The van der Waals surface area contributed by atoms with E-state index in [-0.39, 0.29) is 18.4 Å². The lowest BCUT2D eigenvalue weighted by molar-refractivity contribution is -0.154. The van der Waals surface area contributed by atoms with Gasteiger partial charge in [0.1, 0.15) is 6.61 Å². The maximum absolute atomic E-state index is 13.2. The zero-order chi connectivity index (χ0) is 22.1. The number of rotatable bonds is 12. The van der Waals surface area contributed by atoms with E-state index in [0.717, 1.165) is 25.7 Å². The number of pyridine rings is 1. The Morgan fingerprint density at radius 1 is 1.13 bits per heavy atom. The molecule has 1 unspecified atom stereocenters. The van der Waals surface area contributed by atoms with E-state index in [1.54, 1.807) is 0 Å². The van der Waals surface area contributed by atoms with Crippen molar-refractivity contribution in [3.05, 3.63) is 28.5 Å². The van der Waals surface area contributed by atoms with Gasteiger partial charge in [-0.1, -0.05) is 19.3 Å². The molecule has 1 fully saturated rings. The monoisotopic (exact) mass is 483 g/mol. The molecule has 1 saturated carbocycles. The fraction of sp³-hybridized carbons (Fsp3) is 0.571. The predicted octanol–water partition coefficient (Wildman–Crippen LogP) is 3.52. The summed E-state index contributed by atoms with van der Waals surface area (Å²) in [5, 5.41) is 18.8. The molecular formula is C21H26BrNO7. The number of carbonyl (C=O) groups excluding carboxylic acids is 2. The van der Waals surface area contributed by atoms with Crippen LogP contribution in [0, 0.1) is 11.3 Å². The molecule has 0 radical (unpaired) electrons. The molecular weight excluding hydrogens is 458 g/mol. The van der Waals surface area contributed by atoms with Crippen LogP contribution in [0.4, 0.5) is 0 Å². The second-order valence-corrected chi connectivity index (χ2v) is 8.54. The number of carbonyl (C=O) groups is 4. The number of aliphatic carboxylic acids is 2. The Hall–Kier alpha value is -2.13. The molecule has 1 aliphatic carbocycles. The molecule has 1 aromatic rings. The van der Waals surface area contributed by atoms with E-state index >= 15 is 0 Å². The summed E-state index contributed by atoms with van der Waals surface area (Å²) in [5.74, 6) is -4.21. The summed E-state index contributed by atoms with van der Waals surface area (Å²) in [7, 11) is 0. The molecule has 1 aliphatic rings. The first-order chi connectivity index (χ1) is 14.3. The Morgan fingerprint density at radius 2 is 1.83 bits per heavy atom. The molecule has 0 spiro atoms. The molecule has 0 aliphatic heterocycles. The fourth-order valence-corrected chi connectivity index (χ4v) is 4.15. The second-order valence-electron chi connectivity index (χ2n) is 7.62. The number of hydrogen-bond acceptors (Lipinski definition) is 6. The topological polar surface area (TPSA) is 131 Å². The Labute approximate surface area is 183 Å². The highest BCUT2D eigenvalue weighted by Gasteiger charge is 2.52. The third kappa shape index (κ3) is 6.18. The Balaban J connectivity index is 2.22. The van der Waals surface area contributed by atoms with Crippen LogP contribution in [-0.4, -0.2) is 51.9 Å². The van der Waals surface area contributed by atoms with Crippen LogP contribution < -0.4 is 0 Å². The molecule has 0 bridgehead atoms. The summed E-state index contributed by atoms with van der Waals surface area (Å²) in [6, 6.07) is 1.39. The molecule has 0 saturated heterocycles. The van der Waals surface area contributed by atoms with E-state index in [9.17, 15) is 24.3 Å². The summed E-state index contributed by atoms with van der Waals surface area (Å²) in [4.78, 5) is 53.2. The quantitative estimate of drug-likeness (QED) is 0.340. The number of aromatic nitrogens is 1. The third-order valence-electron chi connectivity index (χ3n) is 5.45. The highest BCUT2D eigenvalue weighted by Crippen LogP contribution is 2.33. The van der Waals surface area contributed by atoms with Gasteiger partial charge in [0, 0.05) is 35.5 Å². The minimum Gasteiger partial charge on any atom is -0.481 e. The minimum atomic E-state index is -2.41. The van der Waals surface area contributed by atoms with Crippen LogP contribution >= 0.6 is 15.9 Å². The van der Waals surface area contributed by atoms with Crippen LogP contribution in [0.3, 0.4) is 0 Å². The van der Waals surface area contributed by atoms with Crippen molar-refractivity contribution in [2.24, 2.45) is 11.3 Å². The molecule has 1 heterocycles. The van der Waals surface area contributed by atoms with Crippen molar-refractivity contribution in [1.82, 2.24) is 4.98 Å². The summed E-state index contributed by atoms with van der Waals surface area (Å²) < 4.78 is 5.98. The molecule has 9 heteroatoms. The molecule has 164 valence electrons. The number of hydrogen-bond donors (Lipinski definition) is 2. The largest absolute Gasteiger partial charge is 0.481 e. The van der Waals surface area contributed by atoms with E-state index in [1.807, 2.05) is 0 Å². The van der Waals surface area contributed by atoms with Gasteiger partial charge in [0.05, 0.1) is 0 Å². The average Bonchev–Trinajstić information content (AvgIpc) is 2.71. The summed E-state index contributed by atoms with van der Waals surface area (Å²) in [5.41, 5.74) is -2.45. The van der Waals surface area contributed by atoms with E-state index in [2.05, 4.69) is 20.9 Å². The summed E-state index contributed by atoms with van der Waals surface area (Å²) in [6.07, 6.45) is 7.09. The van der Waals surface area contributed by atoms with Gasteiger partial charge in [-0.3, -0.25) is 24.2 Å². The van der Waals surface area contributed by atoms with Gasteiger partial charge in [-0.05, 0) is 53.6 Å². The first-order valence-electron chi connectivity index (χ1n) is 9.99. The number of halogens is 1. The zero-order valence-electron chi connectivity index (χ0n) is 16.6. The molecule has 2 N–H and O–H groups in total. The van der Waals surface area contributed by atoms with Gasteiger partial charge in [0.2, 0.25) is 0 Å². The van der Waals surface area contributed by atoms with Crippen molar-refractivity contribution in [1.29, 1.82) is 0 Å². The van der Waals surface area contributed by atoms with Crippen molar-refractivity contribution in [3.8, 4) is 0 Å². The highest BCUT2D eigenvalue weighted by atomic mass is 79.9. The van der Waals surface area contributed by atoms with Crippen molar-refractivity contribution >= 4 is 39.4 Å². The number of nitrogens with zero attached hydrogens (tertiary/aromatic N) is 1. The van der Waals surface area contributed by atoms with Crippen LogP contribution in [0.2, 0.25) is 0 Å². The lowest BCUT2D eigenvalue weighted by atomic mass is 9.73. The smallest absolute Gasteiger partial charge is 0.325 e. The molecule has 1 atom stereocenters. The molecule has 30 heavy (non-hydrogen) atoms. The maximum Gasteiger partial charge on any atom is 0.325 e. The van der Waals surface area contributed by atoms with Gasteiger partial charge in [0.15, 0.2) is 17.0 Å². The van der Waals surface area contributed by atoms with E-state index in [1.165, 1.54) is 24.9 Å². The molecule has 1 aromatic heterocycles. The maximum atomic E-state index is 13.2. The standard InChI is InChI=1S/C21H26BrNO7/c22-16-9-15(10-23-11-16)19(27)21(20(28)29,8-4-7-18(25)26)17(24)13-30-12-14-5-2-1-3-6-14/h9-11,14H,1-8,12-13H2,(H,25,26)(H,28,29). The normalized spacial score (nSPS) is 16.6. The van der Waals surface area contributed by atoms with Crippen LogP contribution in [0.5, 0.6) is 0 Å². The van der Waals surface area contributed by atoms with Crippen molar-refractivity contribution in [3.63, 3.8) is 0 Å². The summed E-state index contributed by atoms with van der Waals surface area (Å²) >= 11 is 3.18. The third-order valence-corrected chi connectivity index (χ3v) is 5.88. The molecule has 0 amide bonds. The first-order valence-corrected chi connectivity index (χ1v) is 10.8. The average molecular weight is 484 g/mol. The second kappa shape index (κ2) is 11.3. The van der Waals surface area contributed by atoms with Gasteiger partial charge in [-0.25, -0.2) is 0 Å². The lowest BCUT2D eigenvalue weighted by Crippen LogP contribution is -2.48. The number of carboxylic acid groups (broad SMARTS) is 2. The van der Waals surface area contributed by atoms with Crippen LogP contribution in [0.25, 0.3) is 0 Å². The van der Waals surface area contributed by atoms with Gasteiger partial charge < -0.3 is 14.9 Å². The van der Waals surface area contributed by atoms with Crippen molar-refractivity contribution < 1.29 is 34.1 Å². The zero-order valence-corrected chi connectivity index (χ0v) is 18.2. The van der Waals surface area contributed by atoms with Gasteiger partial charge in [-0.15, -0.1) is 0 Å². The number of Topliss-reactive ketones (excluding diaryl/α,β-unsaturated/α-hetero) is 2. The molecule has 2 rings (SSSR count). The lowest BCUT2D eigenvalue weighted by Gasteiger charge is -2.27. The highest BCUT2D eigenvalue weighted by molar-refractivity contribution is 9.10. The Bertz CT molecular complexity index is 791. The van der Waals surface area contributed by atoms with E-state index in [4.69, 9.17) is 9.84 Å². The Morgan fingerprint density at radius 3 is 2.43 bits per heavy atom.